The lowest BCUT2D eigenvalue weighted by molar-refractivity contribution is -0.146. The maximum atomic E-state index is 12.9. The van der Waals surface area contributed by atoms with E-state index in [1.54, 1.807) is 0 Å². The SMILES string of the molecule is CCOC(=O)[C@@H]1CC2(C34C[C@@H](C(=O)OCC)N[C@H]3Nc3ccccc34)c3ccccc3N[C@@H]2N1. The van der Waals surface area contributed by atoms with E-state index in [0.717, 1.165) is 22.5 Å². The third-order valence-electron chi connectivity index (χ3n) is 8.13. The van der Waals surface area contributed by atoms with Gasteiger partial charge in [0.2, 0.25) is 0 Å². The van der Waals surface area contributed by atoms with Gasteiger partial charge < -0.3 is 20.1 Å². The Morgan fingerprint density at radius 3 is 1.59 bits per heavy atom. The van der Waals surface area contributed by atoms with Crippen molar-refractivity contribution in [3.63, 3.8) is 0 Å². The molecule has 34 heavy (non-hydrogen) atoms. The van der Waals surface area contributed by atoms with Gasteiger partial charge in [0.05, 0.1) is 25.5 Å². The van der Waals surface area contributed by atoms with E-state index in [1.165, 1.54) is 0 Å². The second-order valence-electron chi connectivity index (χ2n) is 9.54. The molecule has 2 aromatic rings. The van der Waals surface area contributed by atoms with Crippen molar-refractivity contribution in [3.05, 3.63) is 59.7 Å². The van der Waals surface area contributed by atoms with Gasteiger partial charge in [0, 0.05) is 22.2 Å². The lowest BCUT2D eigenvalue weighted by atomic mass is 9.54. The molecule has 2 saturated heterocycles. The Hall–Kier alpha value is -3.10. The predicted octanol–water partition coefficient (Wildman–Crippen LogP) is 2.22. The molecule has 0 amide bonds. The summed E-state index contributed by atoms with van der Waals surface area (Å²) in [4.78, 5) is 25.8. The molecule has 0 radical (unpaired) electrons. The minimum absolute atomic E-state index is 0.197. The van der Waals surface area contributed by atoms with Crippen molar-refractivity contribution in [1.82, 2.24) is 10.6 Å². The van der Waals surface area contributed by atoms with Gasteiger partial charge in [0.1, 0.15) is 12.1 Å². The summed E-state index contributed by atoms with van der Waals surface area (Å²) in [6.07, 6.45) is 0.726. The number of nitrogens with one attached hydrogen (secondary N) is 4. The average molecular weight is 463 g/mol. The maximum Gasteiger partial charge on any atom is 0.323 e. The number of rotatable bonds is 5. The quantitative estimate of drug-likeness (QED) is 0.502. The van der Waals surface area contributed by atoms with Crippen molar-refractivity contribution in [1.29, 1.82) is 0 Å². The van der Waals surface area contributed by atoms with Crippen LogP contribution in [0.5, 0.6) is 0 Å². The average Bonchev–Trinajstić information content (AvgIpc) is 3.54. The minimum atomic E-state index is -0.500. The maximum absolute atomic E-state index is 12.9. The second-order valence-corrected chi connectivity index (χ2v) is 9.54. The molecule has 0 aromatic heterocycles. The lowest BCUT2D eigenvalue weighted by Crippen LogP contribution is -2.59. The van der Waals surface area contributed by atoms with Crippen molar-refractivity contribution in [3.8, 4) is 0 Å². The molecule has 4 aliphatic heterocycles. The summed E-state index contributed by atoms with van der Waals surface area (Å²) in [6.45, 7) is 4.33. The first-order valence-electron chi connectivity index (χ1n) is 12.1. The number of carbonyl (C=O) groups excluding carboxylic acids is 2. The molecule has 2 unspecified atom stereocenters. The molecule has 0 spiro atoms. The number of hydrogen-bond acceptors (Lipinski definition) is 8. The van der Waals surface area contributed by atoms with E-state index in [2.05, 4.69) is 45.5 Å². The normalized spacial score (nSPS) is 34.3. The molecule has 8 nitrogen and oxygen atoms in total. The van der Waals surface area contributed by atoms with Crippen LogP contribution >= 0.6 is 0 Å². The Kier molecular flexibility index (Phi) is 4.86. The molecule has 0 bridgehead atoms. The lowest BCUT2D eigenvalue weighted by Gasteiger charge is -2.47. The van der Waals surface area contributed by atoms with Gasteiger partial charge in [-0.05, 0) is 49.9 Å². The van der Waals surface area contributed by atoms with Gasteiger partial charge in [-0.2, -0.15) is 0 Å². The molecule has 0 saturated carbocycles. The van der Waals surface area contributed by atoms with Crippen LogP contribution in [0.25, 0.3) is 0 Å². The third-order valence-corrected chi connectivity index (χ3v) is 8.13. The van der Waals surface area contributed by atoms with Crippen LogP contribution < -0.4 is 21.3 Å². The zero-order chi connectivity index (χ0) is 23.5. The van der Waals surface area contributed by atoms with E-state index < -0.39 is 22.9 Å². The fourth-order valence-corrected chi connectivity index (χ4v) is 7.00. The second kappa shape index (κ2) is 7.71. The highest BCUT2D eigenvalue weighted by atomic mass is 16.5. The Labute approximate surface area is 198 Å². The Morgan fingerprint density at radius 2 is 1.18 bits per heavy atom. The van der Waals surface area contributed by atoms with Crippen LogP contribution in [-0.4, -0.2) is 49.6 Å². The van der Waals surface area contributed by atoms with Crippen LogP contribution in [-0.2, 0) is 29.9 Å². The van der Waals surface area contributed by atoms with Gasteiger partial charge >= 0.3 is 11.9 Å². The van der Waals surface area contributed by atoms with Crippen LogP contribution in [0, 0.1) is 0 Å². The summed E-state index contributed by atoms with van der Waals surface area (Å²) in [6, 6.07) is 15.7. The van der Waals surface area contributed by atoms with Crippen molar-refractivity contribution < 1.29 is 19.1 Å². The molecule has 4 aliphatic rings. The highest BCUT2D eigenvalue weighted by Gasteiger charge is 2.72. The summed E-state index contributed by atoms with van der Waals surface area (Å²) in [5.41, 5.74) is 3.43. The molecule has 8 heteroatoms. The topological polar surface area (TPSA) is 101 Å². The largest absolute Gasteiger partial charge is 0.465 e. The van der Waals surface area contributed by atoms with Crippen molar-refractivity contribution >= 4 is 23.3 Å². The highest BCUT2D eigenvalue weighted by molar-refractivity contribution is 5.82. The van der Waals surface area contributed by atoms with Crippen LogP contribution in [0.2, 0.25) is 0 Å². The van der Waals surface area contributed by atoms with Gasteiger partial charge in [-0.15, -0.1) is 0 Å². The van der Waals surface area contributed by atoms with Gasteiger partial charge in [-0.3, -0.25) is 20.2 Å². The number of esters is 2. The number of fused-ring (bicyclic) bond motifs is 7. The zero-order valence-corrected chi connectivity index (χ0v) is 19.4. The molecular formula is C26H30N4O4. The first-order valence-corrected chi connectivity index (χ1v) is 12.1. The number of ether oxygens (including phenoxy) is 2. The molecule has 2 fully saturated rings. The number of para-hydroxylation sites is 2. The Morgan fingerprint density at radius 1 is 0.765 bits per heavy atom. The summed E-state index contributed by atoms with van der Waals surface area (Å²) >= 11 is 0. The van der Waals surface area contributed by atoms with Crippen molar-refractivity contribution in [2.75, 3.05) is 23.8 Å². The fraction of sp³-hybridized carbons (Fsp3) is 0.462. The van der Waals surface area contributed by atoms with Gasteiger partial charge in [0.15, 0.2) is 0 Å². The van der Waals surface area contributed by atoms with E-state index in [0.29, 0.717) is 26.1 Å². The molecule has 4 N–H and O–H groups in total. The molecule has 178 valence electrons. The van der Waals surface area contributed by atoms with Gasteiger partial charge in [0.25, 0.3) is 0 Å². The Balaban J connectivity index is 1.55. The van der Waals surface area contributed by atoms with Crippen LogP contribution in [0.15, 0.2) is 48.5 Å². The summed E-state index contributed by atoms with van der Waals surface area (Å²) < 4.78 is 10.8. The van der Waals surface area contributed by atoms with E-state index in [1.807, 2.05) is 38.1 Å². The highest BCUT2D eigenvalue weighted by Crippen LogP contribution is 2.65. The standard InChI is InChI=1S/C26H30N4O4/c1-3-33-21(31)19-13-25(15-9-5-7-11-17(15)27-23(25)29-19)26-14-20(22(32)34-4-2)30-24(26)28-18-12-8-6-10-16(18)26/h5-12,19-20,23-24,27-30H,3-4,13-14H2,1-2H3/t19-,20-,23+,24+,25?,26?/m0/s1. The van der Waals surface area contributed by atoms with E-state index in [-0.39, 0.29) is 24.3 Å². The number of anilines is 2. The van der Waals surface area contributed by atoms with Crippen molar-refractivity contribution in [2.45, 2.75) is 61.9 Å². The molecule has 6 rings (SSSR count). The number of carbonyl (C=O) groups is 2. The van der Waals surface area contributed by atoms with Gasteiger partial charge in [-0.25, -0.2) is 0 Å². The number of hydrogen-bond donors (Lipinski definition) is 4. The molecule has 0 aliphatic carbocycles. The minimum Gasteiger partial charge on any atom is -0.465 e. The molecular weight excluding hydrogens is 432 g/mol. The van der Waals surface area contributed by atoms with Crippen molar-refractivity contribution in [2.24, 2.45) is 0 Å². The molecule has 6 atom stereocenters. The van der Waals surface area contributed by atoms with Crippen LogP contribution in [0.1, 0.15) is 37.8 Å². The molecule has 4 heterocycles. The summed E-state index contributed by atoms with van der Waals surface area (Å²) in [5.74, 6) is -0.480. The number of benzene rings is 2. The van der Waals surface area contributed by atoms with E-state index in [4.69, 9.17) is 9.47 Å². The monoisotopic (exact) mass is 462 g/mol. The van der Waals surface area contributed by atoms with Crippen LogP contribution in [0.4, 0.5) is 11.4 Å². The van der Waals surface area contributed by atoms with E-state index in [9.17, 15) is 9.59 Å². The predicted molar refractivity (Wildman–Crippen MR) is 127 cm³/mol. The first kappa shape index (κ1) is 21.4. The third kappa shape index (κ3) is 2.66. The zero-order valence-electron chi connectivity index (χ0n) is 19.4. The summed E-state index contributed by atoms with van der Waals surface area (Å²) in [7, 11) is 0. The fourth-order valence-electron chi connectivity index (χ4n) is 7.00. The van der Waals surface area contributed by atoms with E-state index >= 15 is 0 Å². The summed E-state index contributed by atoms with van der Waals surface area (Å²) in [5, 5.41) is 14.4. The molecule has 2 aromatic carbocycles. The van der Waals surface area contributed by atoms with Gasteiger partial charge in [-0.1, -0.05) is 36.4 Å². The smallest absolute Gasteiger partial charge is 0.323 e. The van der Waals surface area contributed by atoms with Crippen LogP contribution in [0.3, 0.4) is 0 Å². The first-order chi connectivity index (χ1) is 16.5. The Bertz CT molecular complexity index is 1070.